The van der Waals surface area contributed by atoms with Crippen LogP contribution in [0.4, 0.5) is 0 Å². The lowest BCUT2D eigenvalue weighted by Crippen LogP contribution is -2.43. The van der Waals surface area contributed by atoms with E-state index in [4.69, 9.17) is 10.5 Å². The predicted octanol–water partition coefficient (Wildman–Crippen LogP) is 1.25. The molecule has 0 aromatic heterocycles. The molecule has 0 saturated carbocycles. The Bertz CT molecular complexity index is 205. The monoisotopic (exact) mass is 230 g/mol. The minimum absolute atomic E-state index is 0.0307. The van der Waals surface area contributed by atoms with Crippen molar-refractivity contribution >= 4 is 5.91 Å². The molecular formula is C12H26N2O2. The van der Waals surface area contributed by atoms with E-state index in [1.165, 1.54) is 0 Å². The van der Waals surface area contributed by atoms with Gasteiger partial charge in [-0.05, 0) is 25.3 Å². The molecule has 4 nitrogen and oxygen atoms in total. The zero-order chi connectivity index (χ0) is 12.6. The van der Waals surface area contributed by atoms with E-state index in [0.717, 1.165) is 13.0 Å². The van der Waals surface area contributed by atoms with Crippen LogP contribution in [0.5, 0.6) is 0 Å². The highest BCUT2D eigenvalue weighted by atomic mass is 16.5. The van der Waals surface area contributed by atoms with Crippen molar-refractivity contribution in [1.29, 1.82) is 0 Å². The first-order chi connectivity index (χ1) is 7.46. The second-order valence-electron chi connectivity index (χ2n) is 4.82. The van der Waals surface area contributed by atoms with Crippen LogP contribution < -0.4 is 5.73 Å². The lowest BCUT2D eigenvalue weighted by Gasteiger charge is -2.31. The van der Waals surface area contributed by atoms with Crippen LogP contribution in [0.15, 0.2) is 0 Å². The fraction of sp³-hybridized carbons (Fsp3) is 0.917. The van der Waals surface area contributed by atoms with Crippen LogP contribution >= 0.6 is 0 Å². The normalized spacial score (nSPS) is 11.6. The highest BCUT2D eigenvalue weighted by molar-refractivity contribution is 5.77. The maximum Gasteiger partial charge on any atom is 0.248 e. The molecule has 0 fully saturated rings. The number of carbonyl (C=O) groups is 1. The van der Waals surface area contributed by atoms with Gasteiger partial charge in [0.05, 0.1) is 0 Å². The summed E-state index contributed by atoms with van der Waals surface area (Å²) in [6, 6.07) is 0. The lowest BCUT2D eigenvalue weighted by atomic mass is 9.93. The first-order valence-electron chi connectivity index (χ1n) is 6.02. The molecule has 0 atom stereocenters. The summed E-state index contributed by atoms with van der Waals surface area (Å²) in [5.74, 6) is 0.0604. The van der Waals surface area contributed by atoms with E-state index in [1.807, 2.05) is 11.8 Å². The molecule has 0 aliphatic carbocycles. The maximum atomic E-state index is 11.8. The number of rotatable bonds is 8. The second kappa shape index (κ2) is 7.63. The standard InChI is InChI=1S/C12H26N2O2/c1-5-7-14(10-12(3,4)9-13)11(15)8-16-6-2/h5-10,13H2,1-4H3. The molecule has 0 rings (SSSR count). The SMILES string of the molecule is CCCN(CC(C)(C)CN)C(=O)COCC. The van der Waals surface area contributed by atoms with E-state index in [0.29, 0.717) is 19.7 Å². The quantitative estimate of drug-likeness (QED) is 0.682. The van der Waals surface area contributed by atoms with Gasteiger partial charge in [0, 0.05) is 19.7 Å². The predicted molar refractivity (Wildman–Crippen MR) is 66.2 cm³/mol. The van der Waals surface area contributed by atoms with Gasteiger partial charge in [0.25, 0.3) is 0 Å². The zero-order valence-corrected chi connectivity index (χ0v) is 11.1. The highest BCUT2D eigenvalue weighted by Crippen LogP contribution is 2.15. The average Bonchev–Trinajstić information content (AvgIpc) is 2.25. The summed E-state index contributed by atoms with van der Waals surface area (Å²) in [6.45, 7) is 10.9. The Morgan fingerprint density at radius 2 is 2.00 bits per heavy atom. The number of ether oxygens (including phenoxy) is 1. The van der Waals surface area contributed by atoms with Crippen molar-refractivity contribution in [1.82, 2.24) is 4.90 Å². The fourth-order valence-electron chi connectivity index (χ4n) is 1.42. The Balaban J connectivity index is 4.30. The smallest absolute Gasteiger partial charge is 0.248 e. The number of nitrogens with two attached hydrogens (primary N) is 1. The minimum Gasteiger partial charge on any atom is -0.372 e. The largest absolute Gasteiger partial charge is 0.372 e. The Kier molecular flexibility index (Phi) is 7.34. The Morgan fingerprint density at radius 1 is 1.38 bits per heavy atom. The summed E-state index contributed by atoms with van der Waals surface area (Å²) in [5.41, 5.74) is 5.65. The van der Waals surface area contributed by atoms with Gasteiger partial charge in [0.1, 0.15) is 6.61 Å². The molecule has 0 radical (unpaired) electrons. The summed E-state index contributed by atoms with van der Waals surface area (Å²) in [7, 11) is 0. The van der Waals surface area contributed by atoms with E-state index in [9.17, 15) is 4.79 Å². The second-order valence-corrected chi connectivity index (χ2v) is 4.82. The number of amides is 1. The molecule has 2 N–H and O–H groups in total. The van der Waals surface area contributed by atoms with Crippen molar-refractivity contribution in [3.05, 3.63) is 0 Å². The molecule has 0 aliphatic rings. The van der Waals surface area contributed by atoms with Gasteiger partial charge in [-0.25, -0.2) is 0 Å². The number of nitrogens with zero attached hydrogens (tertiary/aromatic N) is 1. The van der Waals surface area contributed by atoms with Crippen molar-refractivity contribution in [3.63, 3.8) is 0 Å². The number of carbonyl (C=O) groups excluding carboxylic acids is 1. The van der Waals surface area contributed by atoms with E-state index >= 15 is 0 Å². The molecule has 0 heterocycles. The Labute approximate surface area is 99.1 Å². The first kappa shape index (κ1) is 15.4. The van der Waals surface area contributed by atoms with Gasteiger partial charge < -0.3 is 15.4 Å². The number of hydrogen-bond acceptors (Lipinski definition) is 3. The number of hydrogen-bond donors (Lipinski definition) is 1. The third-order valence-corrected chi connectivity index (χ3v) is 2.45. The van der Waals surface area contributed by atoms with Crippen LogP contribution in [0, 0.1) is 5.41 Å². The average molecular weight is 230 g/mol. The van der Waals surface area contributed by atoms with E-state index in [1.54, 1.807) is 0 Å². The zero-order valence-electron chi connectivity index (χ0n) is 11.1. The molecular weight excluding hydrogens is 204 g/mol. The maximum absolute atomic E-state index is 11.8. The highest BCUT2D eigenvalue weighted by Gasteiger charge is 2.22. The van der Waals surface area contributed by atoms with Crippen LogP contribution in [-0.2, 0) is 9.53 Å². The van der Waals surface area contributed by atoms with Gasteiger partial charge in [-0.15, -0.1) is 0 Å². The van der Waals surface area contributed by atoms with Gasteiger partial charge in [-0.3, -0.25) is 4.79 Å². The molecule has 0 saturated heterocycles. The molecule has 0 aliphatic heterocycles. The Hall–Kier alpha value is -0.610. The third-order valence-electron chi connectivity index (χ3n) is 2.45. The molecule has 0 aromatic carbocycles. The van der Waals surface area contributed by atoms with Crippen molar-refractivity contribution < 1.29 is 9.53 Å². The molecule has 0 aromatic rings. The van der Waals surface area contributed by atoms with Gasteiger partial charge in [-0.2, -0.15) is 0 Å². The van der Waals surface area contributed by atoms with Crippen LogP contribution in [0.1, 0.15) is 34.1 Å². The van der Waals surface area contributed by atoms with E-state index in [-0.39, 0.29) is 17.9 Å². The fourth-order valence-corrected chi connectivity index (χ4v) is 1.42. The minimum atomic E-state index is -0.0307. The molecule has 0 unspecified atom stereocenters. The Morgan fingerprint density at radius 3 is 2.44 bits per heavy atom. The third kappa shape index (κ3) is 6.08. The van der Waals surface area contributed by atoms with E-state index in [2.05, 4.69) is 20.8 Å². The van der Waals surface area contributed by atoms with Crippen molar-refractivity contribution in [2.45, 2.75) is 34.1 Å². The van der Waals surface area contributed by atoms with Crippen LogP contribution in [0.2, 0.25) is 0 Å². The van der Waals surface area contributed by atoms with Crippen molar-refractivity contribution in [2.24, 2.45) is 11.1 Å². The summed E-state index contributed by atoms with van der Waals surface area (Å²) >= 11 is 0. The summed E-state index contributed by atoms with van der Waals surface area (Å²) in [4.78, 5) is 13.7. The molecule has 1 amide bonds. The molecule has 0 spiro atoms. The van der Waals surface area contributed by atoms with Crippen molar-refractivity contribution in [3.8, 4) is 0 Å². The first-order valence-corrected chi connectivity index (χ1v) is 6.02. The van der Waals surface area contributed by atoms with Gasteiger partial charge in [0.15, 0.2) is 0 Å². The van der Waals surface area contributed by atoms with Crippen LogP contribution in [0.25, 0.3) is 0 Å². The van der Waals surface area contributed by atoms with Crippen molar-refractivity contribution in [2.75, 3.05) is 32.8 Å². The van der Waals surface area contributed by atoms with Gasteiger partial charge in [0.2, 0.25) is 5.91 Å². The molecule has 4 heteroatoms. The topological polar surface area (TPSA) is 55.6 Å². The summed E-state index contributed by atoms with van der Waals surface area (Å²) in [6.07, 6.45) is 0.957. The molecule has 96 valence electrons. The summed E-state index contributed by atoms with van der Waals surface area (Å²) < 4.78 is 5.15. The van der Waals surface area contributed by atoms with Gasteiger partial charge >= 0.3 is 0 Å². The molecule has 16 heavy (non-hydrogen) atoms. The van der Waals surface area contributed by atoms with Gasteiger partial charge in [-0.1, -0.05) is 20.8 Å². The van der Waals surface area contributed by atoms with E-state index < -0.39 is 0 Å². The van der Waals surface area contributed by atoms with Crippen LogP contribution in [-0.4, -0.2) is 43.7 Å². The molecule has 0 bridgehead atoms. The summed E-state index contributed by atoms with van der Waals surface area (Å²) in [5, 5.41) is 0. The van der Waals surface area contributed by atoms with Crippen LogP contribution in [0.3, 0.4) is 0 Å². The lowest BCUT2D eigenvalue weighted by molar-refractivity contribution is -0.137.